The van der Waals surface area contributed by atoms with Crippen LogP contribution in [0.25, 0.3) is 11.4 Å². The molecule has 0 N–H and O–H groups in total. The molecule has 1 aromatic heterocycles. The third-order valence-electron chi connectivity index (χ3n) is 3.45. The second kappa shape index (κ2) is 4.90. The summed E-state index contributed by atoms with van der Waals surface area (Å²) >= 11 is 0. The number of nitrogens with zero attached hydrogens (tertiary/aromatic N) is 4. The minimum atomic E-state index is 0.826. The van der Waals surface area contributed by atoms with Crippen molar-refractivity contribution < 1.29 is 0 Å². The Balaban J connectivity index is 1.82. The highest BCUT2D eigenvalue weighted by molar-refractivity contribution is 5.53. The molecule has 0 aliphatic carbocycles. The van der Waals surface area contributed by atoms with Gasteiger partial charge in [0.25, 0.3) is 0 Å². The van der Waals surface area contributed by atoms with Crippen molar-refractivity contribution in [3.05, 3.63) is 36.2 Å². The Kier molecular flexibility index (Phi) is 3.11. The van der Waals surface area contributed by atoms with Gasteiger partial charge in [0, 0.05) is 12.6 Å². The van der Waals surface area contributed by atoms with E-state index in [0.717, 1.165) is 23.8 Å². The zero-order chi connectivity index (χ0) is 12.4. The summed E-state index contributed by atoms with van der Waals surface area (Å²) in [4.78, 5) is 7.10. The lowest BCUT2D eigenvalue weighted by Gasteiger charge is -2.12. The lowest BCUT2D eigenvalue weighted by molar-refractivity contribution is 0.317. The third kappa shape index (κ3) is 2.29. The molecule has 0 radical (unpaired) electrons. The summed E-state index contributed by atoms with van der Waals surface area (Å²) in [5.74, 6) is 1.88. The summed E-state index contributed by atoms with van der Waals surface area (Å²) in [5.41, 5.74) is 1.08. The number of aromatic nitrogens is 3. The van der Waals surface area contributed by atoms with Crippen molar-refractivity contribution >= 4 is 0 Å². The molecule has 4 heteroatoms. The molecular weight excluding hydrogens is 224 g/mol. The Morgan fingerprint density at radius 1 is 1.11 bits per heavy atom. The number of benzene rings is 1. The summed E-state index contributed by atoms with van der Waals surface area (Å²) in [7, 11) is 1.98. The van der Waals surface area contributed by atoms with Crippen LogP contribution < -0.4 is 0 Å². The maximum atomic E-state index is 4.65. The molecule has 2 heterocycles. The van der Waals surface area contributed by atoms with Crippen molar-refractivity contribution in [1.29, 1.82) is 0 Å². The SMILES string of the molecule is Cn1nc(-c2ccccc2)nc1CN1CCCC1. The van der Waals surface area contributed by atoms with Gasteiger partial charge in [-0.05, 0) is 25.9 Å². The molecule has 0 spiro atoms. The molecular formula is C14H18N4. The zero-order valence-corrected chi connectivity index (χ0v) is 10.7. The van der Waals surface area contributed by atoms with Gasteiger partial charge in [0.2, 0.25) is 0 Å². The van der Waals surface area contributed by atoms with E-state index in [0.29, 0.717) is 0 Å². The molecule has 1 saturated heterocycles. The van der Waals surface area contributed by atoms with Gasteiger partial charge in [-0.25, -0.2) is 4.98 Å². The van der Waals surface area contributed by atoms with Crippen LogP contribution in [0.4, 0.5) is 0 Å². The zero-order valence-electron chi connectivity index (χ0n) is 10.7. The average molecular weight is 242 g/mol. The van der Waals surface area contributed by atoms with Gasteiger partial charge in [0.05, 0.1) is 6.54 Å². The lowest BCUT2D eigenvalue weighted by atomic mass is 10.2. The van der Waals surface area contributed by atoms with E-state index >= 15 is 0 Å². The Hall–Kier alpha value is -1.68. The van der Waals surface area contributed by atoms with E-state index in [9.17, 15) is 0 Å². The molecule has 1 fully saturated rings. The molecule has 1 aliphatic heterocycles. The van der Waals surface area contributed by atoms with Gasteiger partial charge < -0.3 is 0 Å². The fraction of sp³-hybridized carbons (Fsp3) is 0.429. The molecule has 18 heavy (non-hydrogen) atoms. The van der Waals surface area contributed by atoms with E-state index in [1.165, 1.54) is 25.9 Å². The number of rotatable bonds is 3. The third-order valence-corrected chi connectivity index (χ3v) is 3.45. The maximum absolute atomic E-state index is 4.65. The number of likely N-dealkylation sites (tertiary alicyclic amines) is 1. The van der Waals surface area contributed by atoms with Crippen molar-refractivity contribution in [3.63, 3.8) is 0 Å². The van der Waals surface area contributed by atoms with Crippen LogP contribution in [0, 0.1) is 0 Å². The molecule has 0 amide bonds. The normalized spacial score (nSPS) is 16.3. The molecule has 0 atom stereocenters. The minimum absolute atomic E-state index is 0.826. The minimum Gasteiger partial charge on any atom is -0.296 e. The van der Waals surface area contributed by atoms with Crippen molar-refractivity contribution in [2.24, 2.45) is 7.05 Å². The molecule has 1 aliphatic rings. The molecule has 2 aromatic rings. The first kappa shape index (κ1) is 11.4. The first-order chi connectivity index (χ1) is 8.83. The van der Waals surface area contributed by atoms with E-state index in [2.05, 4.69) is 27.1 Å². The number of hydrogen-bond acceptors (Lipinski definition) is 3. The molecule has 1 aromatic carbocycles. The van der Waals surface area contributed by atoms with E-state index in [4.69, 9.17) is 0 Å². The highest BCUT2D eigenvalue weighted by atomic mass is 15.3. The lowest BCUT2D eigenvalue weighted by Crippen LogP contribution is -2.20. The van der Waals surface area contributed by atoms with Crippen molar-refractivity contribution in [1.82, 2.24) is 19.7 Å². The van der Waals surface area contributed by atoms with Crippen molar-refractivity contribution in [2.45, 2.75) is 19.4 Å². The van der Waals surface area contributed by atoms with Gasteiger partial charge in [-0.1, -0.05) is 30.3 Å². The average Bonchev–Trinajstić information content (AvgIpc) is 3.02. The van der Waals surface area contributed by atoms with Crippen LogP contribution in [-0.2, 0) is 13.6 Å². The topological polar surface area (TPSA) is 34.0 Å². The smallest absolute Gasteiger partial charge is 0.181 e. The first-order valence-corrected chi connectivity index (χ1v) is 6.50. The van der Waals surface area contributed by atoms with Crippen LogP contribution in [0.1, 0.15) is 18.7 Å². The van der Waals surface area contributed by atoms with Gasteiger partial charge in [0.15, 0.2) is 5.82 Å². The fourth-order valence-electron chi connectivity index (χ4n) is 2.40. The predicted molar refractivity (Wildman–Crippen MR) is 71.0 cm³/mol. The quantitative estimate of drug-likeness (QED) is 0.826. The van der Waals surface area contributed by atoms with Crippen molar-refractivity contribution in [2.75, 3.05) is 13.1 Å². The summed E-state index contributed by atoms with van der Waals surface area (Å²) in [6.07, 6.45) is 2.62. The van der Waals surface area contributed by atoms with Gasteiger partial charge in [-0.3, -0.25) is 9.58 Å². The van der Waals surface area contributed by atoms with Gasteiger partial charge in [-0.2, -0.15) is 5.10 Å². The fourth-order valence-corrected chi connectivity index (χ4v) is 2.40. The Morgan fingerprint density at radius 2 is 1.83 bits per heavy atom. The van der Waals surface area contributed by atoms with Gasteiger partial charge in [-0.15, -0.1) is 0 Å². The van der Waals surface area contributed by atoms with E-state index in [1.807, 2.05) is 29.9 Å². The summed E-state index contributed by atoms with van der Waals surface area (Å²) in [6.45, 7) is 3.29. The predicted octanol–water partition coefficient (Wildman–Crippen LogP) is 2.08. The molecule has 94 valence electrons. The van der Waals surface area contributed by atoms with Crippen LogP contribution in [-0.4, -0.2) is 32.8 Å². The monoisotopic (exact) mass is 242 g/mol. The number of aryl methyl sites for hydroxylation is 1. The van der Waals surface area contributed by atoms with Crippen LogP contribution >= 0.6 is 0 Å². The second-order valence-corrected chi connectivity index (χ2v) is 4.82. The van der Waals surface area contributed by atoms with Crippen LogP contribution in [0.3, 0.4) is 0 Å². The maximum Gasteiger partial charge on any atom is 0.181 e. The van der Waals surface area contributed by atoms with Gasteiger partial charge in [0.1, 0.15) is 5.82 Å². The highest BCUT2D eigenvalue weighted by Crippen LogP contribution is 2.16. The van der Waals surface area contributed by atoms with Crippen molar-refractivity contribution in [3.8, 4) is 11.4 Å². The Labute approximate surface area is 107 Å². The summed E-state index contributed by atoms with van der Waals surface area (Å²) in [5, 5.41) is 4.50. The second-order valence-electron chi connectivity index (χ2n) is 4.82. The molecule has 0 saturated carbocycles. The first-order valence-electron chi connectivity index (χ1n) is 6.50. The van der Waals surface area contributed by atoms with E-state index in [1.54, 1.807) is 0 Å². The van der Waals surface area contributed by atoms with Crippen LogP contribution in [0.15, 0.2) is 30.3 Å². The van der Waals surface area contributed by atoms with Crippen LogP contribution in [0.2, 0.25) is 0 Å². The van der Waals surface area contributed by atoms with Gasteiger partial charge >= 0.3 is 0 Å². The van der Waals surface area contributed by atoms with E-state index < -0.39 is 0 Å². The standard InChI is InChI=1S/C14H18N4/c1-17-13(11-18-9-5-6-10-18)15-14(16-17)12-7-3-2-4-8-12/h2-4,7-8H,5-6,9-11H2,1H3. The van der Waals surface area contributed by atoms with E-state index in [-0.39, 0.29) is 0 Å². The highest BCUT2D eigenvalue weighted by Gasteiger charge is 2.16. The largest absolute Gasteiger partial charge is 0.296 e. The molecule has 0 unspecified atom stereocenters. The summed E-state index contributed by atoms with van der Waals surface area (Å²) < 4.78 is 1.90. The Bertz CT molecular complexity index is 512. The molecule has 4 nitrogen and oxygen atoms in total. The Morgan fingerprint density at radius 3 is 2.56 bits per heavy atom. The summed E-state index contributed by atoms with van der Waals surface area (Å²) in [6, 6.07) is 10.2. The van der Waals surface area contributed by atoms with Crippen LogP contribution in [0.5, 0.6) is 0 Å². The number of hydrogen-bond donors (Lipinski definition) is 0. The molecule has 3 rings (SSSR count). The molecule has 0 bridgehead atoms.